The Balaban J connectivity index is 1.91. The molecule has 6 heteroatoms. The first-order chi connectivity index (χ1) is 10.1. The van der Waals surface area contributed by atoms with E-state index in [1.54, 1.807) is 12.3 Å². The highest BCUT2D eigenvalue weighted by Crippen LogP contribution is 2.20. The summed E-state index contributed by atoms with van der Waals surface area (Å²) in [5, 5.41) is 11.5. The van der Waals surface area contributed by atoms with Gasteiger partial charge in [0.15, 0.2) is 0 Å². The molecule has 1 saturated heterocycles. The van der Waals surface area contributed by atoms with E-state index in [0.29, 0.717) is 31.0 Å². The van der Waals surface area contributed by atoms with E-state index in [9.17, 15) is 9.59 Å². The molecule has 1 aliphatic rings. The number of hydrogen-bond acceptors (Lipinski definition) is 4. The average molecular weight is 294 g/mol. The van der Waals surface area contributed by atoms with Gasteiger partial charge in [-0.2, -0.15) is 0 Å². The zero-order valence-corrected chi connectivity index (χ0v) is 12.3. The second-order valence-corrected chi connectivity index (χ2v) is 5.40. The lowest BCUT2D eigenvalue weighted by molar-refractivity contribution is -0.136. The minimum absolute atomic E-state index is 0.0172. The summed E-state index contributed by atoms with van der Waals surface area (Å²) in [4.78, 5) is 24.9. The molecule has 2 heterocycles. The summed E-state index contributed by atoms with van der Waals surface area (Å²) in [7, 11) is 0. The Bertz CT molecular complexity index is 498. The van der Waals surface area contributed by atoms with E-state index in [1.165, 1.54) is 0 Å². The standard InChI is InChI=1S/C15H22N2O4/c1-2-13-12(5-7-21-13)15(20)17-6-3-4-11(10-17)8-16-9-14(18)19/h5,7,11,16H,2-4,6,8-10H2,1H3,(H,18,19). The number of carbonyl (C=O) groups is 2. The molecular weight excluding hydrogens is 272 g/mol. The highest BCUT2D eigenvalue weighted by molar-refractivity contribution is 5.95. The molecule has 1 aromatic heterocycles. The first-order valence-electron chi connectivity index (χ1n) is 7.40. The molecule has 0 saturated carbocycles. The molecule has 2 N–H and O–H groups in total. The monoisotopic (exact) mass is 294 g/mol. The van der Waals surface area contributed by atoms with Crippen molar-refractivity contribution in [2.24, 2.45) is 5.92 Å². The van der Waals surface area contributed by atoms with E-state index in [4.69, 9.17) is 9.52 Å². The van der Waals surface area contributed by atoms with Gasteiger partial charge in [-0.3, -0.25) is 9.59 Å². The van der Waals surface area contributed by atoms with Crippen LogP contribution in [0.15, 0.2) is 16.7 Å². The molecule has 1 atom stereocenters. The van der Waals surface area contributed by atoms with Gasteiger partial charge in [-0.15, -0.1) is 0 Å². The van der Waals surface area contributed by atoms with E-state index in [1.807, 2.05) is 11.8 Å². The van der Waals surface area contributed by atoms with Gasteiger partial charge in [0, 0.05) is 26.1 Å². The predicted molar refractivity (Wildman–Crippen MR) is 77.2 cm³/mol. The number of piperidine rings is 1. The predicted octanol–water partition coefficient (Wildman–Crippen LogP) is 1.37. The van der Waals surface area contributed by atoms with Crippen molar-refractivity contribution in [3.8, 4) is 0 Å². The summed E-state index contributed by atoms with van der Waals surface area (Å²) in [6.07, 6.45) is 4.22. The first-order valence-corrected chi connectivity index (χ1v) is 7.40. The maximum Gasteiger partial charge on any atom is 0.317 e. The van der Waals surface area contributed by atoms with E-state index < -0.39 is 5.97 Å². The lowest BCUT2D eigenvalue weighted by Crippen LogP contribution is -2.43. The van der Waals surface area contributed by atoms with Gasteiger partial charge in [0.05, 0.1) is 18.4 Å². The largest absolute Gasteiger partial charge is 0.480 e. The lowest BCUT2D eigenvalue weighted by atomic mass is 9.97. The zero-order valence-electron chi connectivity index (χ0n) is 12.3. The lowest BCUT2D eigenvalue weighted by Gasteiger charge is -2.32. The maximum absolute atomic E-state index is 12.5. The number of aliphatic carboxylic acids is 1. The SMILES string of the molecule is CCc1occc1C(=O)N1CCCC(CNCC(=O)O)C1. The van der Waals surface area contributed by atoms with Crippen LogP contribution in [0.3, 0.4) is 0 Å². The number of furan rings is 1. The van der Waals surface area contributed by atoms with Crippen LogP contribution in [0.2, 0.25) is 0 Å². The third-order valence-corrected chi connectivity index (χ3v) is 3.81. The van der Waals surface area contributed by atoms with Crippen LogP contribution < -0.4 is 5.32 Å². The molecule has 1 fully saturated rings. The van der Waals surface area contributed by atoms with Crippen LogP contribution in [0.1, 0.15) is 35.9 Å². The van der Waals surface area contributed by atoms with Crippen LogP contribution in [0.25, 0.3) is 0 Å². The fourth-order valence-corrected chi connectivity index (χ4v) is 2.77. The van der Waals surface area contributed by atoms with E-state index in [2.05, 4.69) is 5.32 Å². The topological polar surface area (TPSA) is 82.8 Å². The number of carboxylic acids is 1. The normalized spacial score (nSPS) is 18.7. The molecular formula is C15H22N2O4. The van der Waals surface area contributed by atoms with Crippen LogP contribution in [0, 0.1) is 5.92 Å². The molecule has 1 aromatic rings. The van der Waals surface area contributed by atoms with E-state index >= 15 is 0 Å². The smallest absolute Gasteiger partial charge is 0.317 e. The number of nitrogens with one attached hydrogen (secondary N) is 1. The first kappa shape index (κ1) is 15.6. The van der Waals surface area contributed by atoms with Crippen LogP contribution in [-0.4, -0.2) is 48.1 Å². The number of nitrogens with zero attached hydrogens (tertiary/aromatic N) is 1. The zero-order chi connectivity index (χ0) is 15.2. The molecule has 0 bridgehead atoms. The Hall–Kier alpha value is -1.82. The van der Waals surface area contributed by atoms with Gasteiger partial charge in [0.1, 0.15) is 5.76 Å². The molecule has 1 unspecified atom stereocenters. The van der Waals surface area contributed by atoms with Crippen LogP contribution in [0.4, 0.5) is 0 Å². The Morgan fingerprint density at radius 2 is 2.33 bits per heavy atom. The second kappa shape index (κ2) is 7.26. The Labute approximate surface area is 124 Å². The van der Waals surface area contributed by atoms with Crippen molar-refractivity contribution in [1.29, 1.82) is 0 Å². The molecule has 6 nitrogen and oxygen atoms in total. The number of hydrogen-bond donors (Lipinski definition) is 2. The minimum Gasteiger partial charge on any atom is -0.480 e. The van der Waals surface area contributed by atoms with Crippen molar-refractivity contribution in [3.63, 3.8) is 0 Å². The van der Waals surface area contributed by atoms with Gasteiger partial charge in [0.2, 0.25) is 0 Å². The van der Waals surface area contributed by atoms with Crippen molar-refractivity contribution in [2.75, 3.05) is 26.2 Å². The van der Waals surface area contributed by atoms with Gasteiger partial charge in [0.25, 0.3) is 5.91 Å². The molecule has 0 aliphatic carbocycles. The Morgan fingerprint density at radius 1 is 1.52 bits per heavy atom. The third-order valence-electron chi connectivity index (χ3n) is 3.81. The van der Waals surface area contributed by atoms with Crippen molar-refractivity contribution in [3.05, 3.63) is 23.7 Å². The number of carbonyl (C=O) groups excluding carboxylic acids is 1. The maximum atomic E-state index is 12.5. The summed E-state index contributed by atoms with van der Waals surface area (Å²) in [5.41, 5.74) is 0.650. The average Bonchev–Trinajstić information content (AvgIpc) is 2.95. The number of amides is 1. The fraction of sp³-hybridized carbons (Fsp3) is 0.600. The van der Waals surface area contributed by atoms with Gasteiger partial charge in [-0.25, -0.2) is 0 Å². The quantitative estimate of drug-likeness (QED) is 0.828. The number of aryl methyl sites for hydroxylation is 1. The molecule has 21 heavy (non-hydrogen) atoms. The summed E-state index contributed by atoms with van der Waals surface area (Å²) < 4.78 is 5.32. The van der Waals surface area contributed by atoms with Gasteiger partial charge in [-0.1, -0.05) is 6.92 Å². The summed E-state index contributed by atoms with van der Waals surface area (Å²) in [5.74, 6) is 0.193. The van der Waals surface area contributed by atoms with Crippen molar-refractivity contribution >= 4 is 11.9 Å². The molecule has 1 amide bonds. The van der Waals surface area contributed by atoms with Crippen LogP contribution >= 0.6 is 0 Å². The number of rotatable bonds is 6. The molecule has 2 rings (SSSR count). The second-order valence-electron chi connectivity index (χ2n) is 5.40. The van der Waals surface area contributed by atoms with Gasteiger partial charge >= 0.3 is 5.97 Å². The van der Waals surface area contributed by atoms with Gasteiger partial charge in [-0.05, 0) is 24.8 Å². The molecule has 0 spiro atoms. The summed E-state index contributed by atoms with van der Waals surface area (Å²) in [6, 6.07) is 1.73. The molecule has 0 radical (unpaired) electrons. The van der Waals surface area contributed by atoms with Crippen molar-refractivity contribution < 1.29 is 19.1 Å². The number of likely N-dealkylation sites (tertiary alicyclic amines) is 1. The fourth-order valence-electron chi connectivity index (χ4n) is 2.77. The van der Waals surface area contributed by atoms with E-state index in [-0.39, 0.29) is 12.5 Å². The summed E-state index contributed by atoms with van der Waals surface area (Å²) >= 11 is 0. The van der Waals surface area contributed by atoms with Crippen molar-refractivity contribution in [2.45, 2.75) is 26.2 Å². The molecule has 0 aromatic carbocycles. The van der Waals surface area contributed by atoms with Crippen LogP contribution in [0.5, 0.6) is 0 Å². The highest BCUT2D eigenvalue weighted by Gasteiger charge is 2.26. The molecule has 1 aliphatic heterocycles. The number of carboxylic acid groups (broad SMARTS) is 1. The Morgan fingerprint density at radius 3 is 3.05 bits per heavy atom. The highest BCUT2D eigenvalue weighted by atomic mass is 16.4. The van der Waals surface area contributed by atoms with Crippen LogP contribution in [-0.2, 0) is 11.2 Å². The third kappa shape index (κ3) is 4.07. The molecule has 116 valence electrons. The van der Waals surface area contributed by atoms with Crippen molar-refractivity contribution in [1.82, 2.24) is 10.2 Å². The van der Waals surface area contributed by atoms with Gasteiger partial charge < -0.3 is 19.7 Å². The minimum atomic E-state index is -0.857. The summed E-state index contributed by atoms with van der Waals surface area (Å²) in [6.45, 7) is 3.97. The van der Waals surface area contributed by atoms with E-state index in [0.717, 1.165) is 25.1 Å². The Kier molecular flexibility index (Phi) is 5.38.